The molecule has 1 N–H and O–H groups in total. The first-order valence-corrected chi connectivity index (χ1v) is 14.9. The number of anilines is 2. The van der Waals surface area contributed by atoms with E-state index in [-0.39, 0.29) is 17.9 Å². The number of pyridine rings is 1. The van der Waals surface area contributed by atoms with Crippen molar-refractivity contribution in [3.05, 3.63) is 84.1 Å². The Hall–Kier alpha value is -3.90. The molecule has 42 heavy (non-hydrogen) atoms. The maximum atomic E-state index is 13.8. The smallest absolute Gasteiger partial charge is 0.229 e. The average Bonchev–Trinajstić information content (AvgIpc) is 3.43. The number of aryl methyl sites for hydroxylation is 1. The number of hydrogen-bond donors (Lipinski definition) is 1. The van der Waals surface area contributed by atoms with Crippen molar-refractivity contribution >= 4 is 28.2 Å². The van der Waals surface area contributed by atoms with Crippen LogP contribution in [0.4, 0.5) is 11.5 Å². The molecule has 0 bridgehead atoms. The summed E-state index contributed by atoms with van der Waals surface area (Å²) in [4.78, 5) is 22.8. The van der Waals surface area contributed by atoms with E-state index in [4.69, 9.17) is 9.72 Å². The van der Waals surface area contributed by atoms with Crippen molar-refractivity contribution in [3.8, 4) is 16.9 Å². The van der Waals surface area contributed by atoms with Crippen LogP contribution in [-0.4, -0.2) is 42.8 Å². The molecule has 6 nitrogen and oxygen atoms in total. The SMILES string of the molecule is COc1ccc(-c2ccc(CN(C(=O)CC(C)(C)C)c3nccc4cc(N5CCC(CCO)C5)ccc34)cc2)cc1C. The summed E-state index contributed by atoms with van der Waals surface area (Å²) in [6.45, 7) is 11.0. The Kier molecular flexibility index (Phi) is 8.83. The third-order valence-corrected chi connectivity index (χ3v) is 8.18. The molecule has 220 valence electrons. The molecule has 1 aliphatic rings. The molecule has 1 aromatic heterocycles. The van der Waals surface area contributed by atoms with Crippen LogP contribution < -0.4 is 14.5 Å². The van der Waals surface area contributed by atoms with Crippen molar-refractivity contribution in [3.63, 3.8) is 0 Å². The lowest BCUT2D eigenvalue weighted by Crippen LogP contribution is -2.34. The lowest BCUT2D eigenvalue weighted by molar-refractivity contribution is -0.120. The fourth-order valence-electron chi connectivity index (χ4n) is 5.92. The fraction of sp³-hybridized carbons (Fsp3) is 0.389. The third-order valence-electron chi connectivity index (χ3n) is 8.18. The maximum Gasteiger partial charge on any atom is 0.229 e. The summed E-state index contributed by atoms with van der Waals surface area (Å²) in [5.41, 5.74) is 5.43. The van der Waals surface area contributed by atoms with Crippen LogP contribution in [0.1, 0.15) is 51.2 Å². The molecular weight excluding hydrogens is 522 g/mol. The number of methoxy groups -OCH3 is 1. The molecule has 2 heterocycles. The van der Waals surface area contributed by atoms with E-state index in [1.165, 1.54) is 5.69 Å². The van der Waals surface area contributed by atoms with E-state index in [9.17, 15) is 9.90 Å². The molecule has 1 fully saturated rings. The van der Waals surface area contributed by atoms with Crippen molar-refractivity contribution < 1.29 is 14.6 Å². The minimum Gasteiger partial charge on any atom is -0.496 e. The Balaban J connectivity index is 1.44. The van der Waals surface area contributed by atoms with Crippen LogP contribution >= 0.6 is 0 Å². The number of rotatable bonds is 9. The van der Waals surface area contributed by atoms with Gasteiger partial charge in [-0.3, -0.25) is 9.69 Å². The van der Waals surface area contributed by atoms with Crippen LogP contribution in [-0.2, 0) is 11.3 Å². The van der Waals surface area contributed by atoms with Gasteiger partial charge in [0, 0.05) is 43.4 Å². The molecule has 5 rings (SSSR count). The summed E-state index contributed by atoms with van der Waals surface area (Å²) in [6, 6.07) is 23.1. The number of carbonyl (C=O) groups is 1. The molecule has 1 unspecified atom stereocenters. The van der Waals surface area contributed by atoms with Gasteiger partial charge in [-0.15, -0.1) is 0 Å². The summed E-state index contributed by atoms with van der Waals surface area (Å²) in [5, 5.41) is 11.4. The van der Waals surface area contributed by atoms with Gasteiger partial charge in [0.25, 0.3) is 0 Å². The van der Waals surface area contributed by atoms with E-state index in [2.05, 4.69) is 87.2 Å². The number of benzene rings is 3. The number of carbonyl (C=O) groups excluding carboxylic acids is 1. The van der Waals surface area contributed by atoms with E-state index in [1.807, 2.05) is 23.2 Å². The normalized spacial score (nSPS) is 15.3. The number of hydrogen-bond acceptors (Lipinski definition) is 5. The second-order valence-corrected chi connectivity index (χ2v) is 12.8. The monoisotopic (exact) mass is 565 g/mol. The number of ether oxygens (including phenoxy) is 1. The fourth-order valence-corrected chi connectivity index (χ4v) is 5.92. The first-order valence-electron chi connectivity index (χ1n) is 14.9. The summed E-state index contributed by atoms with van der Waals surface area (Å²) >= 11 is 0. The second kappa shape index (κ2) is 12.5. The molecular formula is C36H43N3O3. The molecule has 3 aromatic carbocycles. The van der Waals surface area contributed by atoms with E-state index >= 15 is 0 Å². The number of amides is 1. The van der Waals surface area contributed by atoms with Gasteiger partial charge in [-0.1, -0.05) is 51.1 Å². The van der Waals surface area contributed by atoms with Gasteiger partial charge in [0.1, 0.15) is 11.6 Å². The van der Waals surface area contributed by atoms with Crippen molar-refractivity contribution in [1.29, 1.82) is 0 Å². The van der Waals surface area contributed by atoms with Crippen LogP contribution in [0.3, 0.4) is 0 Å². The van der Waals surface area contributed by atoms with Gasteiger partial charge in [-0.2, -0.15) is 0 Å². The van der Waals surface area contributed by atoms with Gasteiger partial charge in [0.2, 0.25) is 5.91 Å². The Bertz CT molecular complexity index is 1540. The summed E-state index contributed by atoms with van der Waals surface area (Å²) in [6.07, 6.45) is 4.19. The highest BCUT2D eigenvalue weighted by atomic mass is 16.5. The predicted molar refractivity (Wildman–Crippen MR) is 172 cm³/mol. The zero-order valence-corrected chi connectivity index (χ0v) is 25.6. The van der Waals surface area contributed by atoms with E-state index in [0.29, 0.717) is 24.7 Å². The van der Waals surface area contributed by atoms with Crippen LogP contribution in [0.5, 0.6) is 5.75 Å². The van der Waals surface area contributed by atoms with E-state index < -0.39 is 0 Å². The van der Waals surface area contributed by atoms with Gasteiger partial charge >= 0.3 is 0 Å². The van der Waals surface area contributed by atoms with Crippen molar-refractivity contribution in [2.24, 2.45) is 11.3 Å². The second-order valence-electron chi connectivity index (χ2n) is 12.8. The zero-order chi connectivity index (χ0) is 29.9. The van der Waals surface area contributed by atoms with Crippen LogP contribution in [0, 0.1) is 18.3 Å². The predicted octanol–water partition coefficient (Wildman–Crippen LogP) is 7.40. The topological polar surface area (TPSA) is 65.9 Å². The zero-order valence-electron chi connectivity index (χ0n) is 25.6. The van der Waals surface area contributed by atoms with Gasteiger partial charge in [-0.05, 0) is 95.1 Å². The molecule has 0 saturated carbocycles. The molecule has 6 heteroatoms. The Morgan fingerprint density at radius 1 is 1.05 bits per heavy atom. The van der Waals surface area contributed by atoms with Crippen molar-refractivity contribution in [2.75, 3.05) is 36.6 Å². The quantitative estimate of drug-likeness (QED) is 0.229. The highest BCUT2D eigenvalue weighted by molar-refractivity contribution is 6.03. The van der Waals surface area contributed by atoms with Crippen LogP contribution in [0.25, 0.3) is 21.9 Å². The van der Waals surface area contributed by atoms with Gasteiger partial charge in [0.05, 0.1) is 13.7 Å². The van der Waals surface area contributed by atoms with Gasteiger partial charge in [0.15, 0.2) is 0 Å². The highest BCUT2D eigenvalue weighted by Crippen LogP contribution is 2.34. The number of aliphatic hydroxyl groups is 1. The highest BCUT2D eigenvalue weighted by Gasteiger charge is 2.26. The lowest BCUT2D eigenvalue weighted by Gasteiger charge is -2.27. The molecule has 1 atom stereocenters. The van der Waals surface area contributed by atoms with Crippen LogP contribution in [0.2, 0.25) is 0 Å². The molecule has 0 spiro atoms. The standard InChI is InChI=1S/C36H43N3O3/c1-25-20-29(10-13-33(25)42-5)28-8-6-26(7-9-28)24-39(34(41)22-36(2,3)4)35-32-12-11-31(21-30(32)14-17-37-35)38-18-15-27(23-38)16-19-40/h6-14,17,20-21,27,40H,15-16,18-19,22-24H2,1-5H3. The van der Waals surface area contributed by atoms with Gasteiger partial charge < -0.3 is 14.7 Å². The Morgan fingerprint density at radius 2 is 1.81 bits per heavy atom. The average molecular weight is 566 g/mol. The molecule has 1 saturated heterocycles. The first-order chi connectivity index (χ1) is 20.1. The number of fused-ring (bicyclic) bond motifs is 1. The van der Waals surface area contributed by atoms with E-state index in [1.54, 1.807) is 7.11 Å². The first kappa shape index (κ1) is 29.6. The molecule has 0 aliphatic carbocycles. The lowest BCUT2D eigenvalue weighted by atomic mass is 9.91. The minimum absolute atomic E-state index is 0.0628. The van der Waals surface area contributed by atoms with E-state index in [0.717, 1.165) is 64.7 Å². The summed E-state index contributed by atoms with van der Waals surface area (Å²) in [5.74, 6) is 2.17. The molecule has 4 aromatic rings. The van der Waals surface area contributed by atoms with Gasteiger partial charge in [-0.25, -0.2) is 4.98 Å². The minimum atomic E-state index is -0.149. The van der Waals surface area contributed by atoms with Crippen molar-refractivity contribution in [1.82, 2.24) is 4.98 Å². The largest absolute Gasteiger partial charge is 0.496 e. The Morgan fingerprint density at radius 3 is 2.50 bits per heavy atom. The van der Waals surface area contributed by atoms with Crippen molar-refractivity contribution in [2.45, 2.75) is 53.5 Å². The maximum absolute atomic E-state index is 13.8. The Labute approximate surface area is 250 Å². The van der Waals surface area contributed by atoms with Crippen LogP contribution in [0.15, 0.2) is 72.9 Å². The number of aromatic nitrogens is 1. The molecule has 1 amide bonds. The third kappa shape index (κ3) is 6.76. The summed E-state index contributed by atoms with van der Waals surface area (Å²) < 4.78 is 5.42. The number of aliphatic hydroxyl groups excluding tert-OH is 1. The molecule has 1 aliphatic heterocycles. The number of nitrogens with zero attached hydrogens (tertiary/aromatic N) is 3. The molecule has 0 radical (unpaired) electrons. The summed E-state index contributed by atoms with van der Waals surface area (Å²) in [7, 11) is 1.69.